The lowest BCUT2D eigenvalue weighted by Crippen LogP contribution is -2.33. The largest absolute Gasteiger partial charge is 0.508 e. The van der Waals surface area contributed by atoms with Crippen molar-refractivity contribution in [2.24, 2.45) is 0 Å². The average Bonchev–Trinajstić information content (AvgIpc) is 3.26. The molecule has 2 aromatic carbocycles. The fourth-order valence-electron chi connectivity index (χ4n) is 3.87. The number of benzene rings is 2. The van der Waals surface area contributed by atoms with E-state index in [-0.39, 0.29) is 31.4 Å². The molecule has 8 heteroatoms. The summed E-state index contributed by atoms with van der Waals surface area (Å²) in [6.45, 7) is 0.128. The molecule has 2 aliphatic rings. The van der Waals surface area contributed by atoms with Crippen molar-refractivity contribution in [2.75, 3.05) is 25.6 Å². The number of nitrogens with zero attached hydrogens (tertiary/aromatic N) is 1. The molecule has 4 rings (SSSR count). The van der Waals surface area contributed by atoms with Crippen molar-refractivity contribution in [1.82, 2.24) is 4.90 Å². The summed E-state index contributed by atoms with van der Waals surface area (Å²) in [5, 5.41) is 2.81. The zero-order valence-electron chi connectivity index (χ0n) is 16.8. The van der Waals surface area contributed by atoms with E-state index >= 15 is 0 Å². The summed E-state index contributed by atoms with van der Waals surface area (Å²) in [5.41, 5.74) is 4.59. The minimum atomic E-state index is -0.754. The first-order chi connectivity index (χ1) is 15.0. The first-order valence-corrected chi connectivity index (χ1v) is 9.75. The summed E-state index contributed by atoms with van der Waals surface area (Å²) in [6, 6.07) is 13.4. The van der Waals surface area contributed by atoms with Crippen LogP contribution in [0.4, 0.5) is 10.5 Å². The van der Waals surface area contributed by atoms with E-state index in [4.69, 9.17) is 4.74 Å². The molecule has 0 aromatic heterocycles. The molecule has 1 unspecified atom stereocenters. The molecular formula is C23H20N2O6. The number of methoxy groups -OCH3 is 1. The maximum atomic E-state index is 12.4. The Labute approximate surface area is 178 Å². The maximum Gasteiger partial charge on any atom is 0.508 e. The number of nitrogens with one attached hydrogen (secondary N) is 1. The topological polar surface area (TPSA) is 102 Å². The zero-order chi connectivity index (χ0) is 22.0. The van der Waals surface area contributed by atoms with Gasteiger partial charge < -0.3 is 14.8 Å². The Hall–Kier alpha value is -3.94. The van der Waals surface area contributed by atoms with Crippen LogP contribution in [-0.4, -0.2) is 49.0 Å². The molecule has 1 heterocycles. The monoisotopic (exact) mass is 420 g/mol. The van der Waals surface area contributed by atoms with Crippen molar-refractivity contribution in [2.45, 2.75) is 12.3 Å². The smallest absolute Gasteiger partial charge is 0.438 e. The molecular weight excluding hydrogens is 400 g/mol. The van der Waals surface area contributed by atoms with Crippen molar-refractivity contribution in [1.29, 1.82) is 0 Å². The van der Waals surface area contributed by atoms with Gasteiger partial charge in [-0.2, -0.15) is 0 Å². The van der Waals surface area contributed by atoms with Crippen LogP contribution in [0.25, 0.3) is 11.1 Å². The van der Waals surface area contributed by atoms with Crippen LogP contribution in [-0.2, 0) is 23.9 Å². The molecule has 0 spiro atoms. The van der Waals surface area contributed by atoms with Crippen molar-refractivity contribution in [3.05, 3.63) is 65.7 Å². The number of carbonyl (C=O) groups is 4. The van der Waals surface area contributed by atoms with Gasteiger partial charge in [0.2, 0.25) is 5.91 Å². The van der Waals surface area contributed by atoms with E-state index in [1.54, 1.807) is 6.07 Å². The third-order valence-corrected chi connectivity index (χ3v) is 5.33. The molecule has 0 bridgehead atoms. The Balaban J connectivity index is 1.48. The Morgan fingerprint density at radius 2 is 1.71 bits per heavy atom. The molecule has 158 valence electrons. The SMILES string of the molecule is COC(=O)OCC1c2ccccc2-c2ccc(NC(=O)CCN3C(=O)C=CC3=O)cc21. The number of ether oxygens (including phenoxy) is 2. The Morgan fingerprint density at radius 1 is 1.00 bits per heavy atom. The molecule has 0 saturated carbocycles. The van der Waals surface area contributed by atoms with Gasteiger partial charge in [0.1, 0.15) is 6.61 Å². The molecule has 2 aromatic rings. The lowest BCUT2D eigenvalue weighted by Gasteiger charge is -2.15. The minimum absolute atomic E-state index is 0.00858. The molecule has 1 aliphatic heterocycles. The standard InChI is InChI=1S/C23H20N2O6/c1-30-23(29)31-13-19-16-5-3-2-4-15(16)17-7-6-14(12-18(17)19)24-20(26)10-11-25-21(27)8-9-22(25)28/h2-9,12,19H,10-11,13H2,1H3,(H,24,26). The number of rotatable bonds is 6. The van der Waals surface area contributed by atoms with Crippen LogP contribution in [0.2, 0.25) is 0 Å². The van der Waals surface area contributed by atoms with Crippen LogP contribution in [0.5, 0.6) is 0 Å². The Morgan fingerprint density at radius 3 is 2.45 bits per heavy atom. The van der Waals surface area contributed by atoms with Gasteiger partial charge in [-0.25, -0.2) is 4.79 Å². The van der Waals surface area contributed by atoms with Crippen LogP contribution in [0, 0.1) is 0 Å². The number of hydrogen-bond acceptors (Lipinski definition) is 6. The first kappa shape index (κ1) is 20.3. The summed E-state index contributed by atoms with van der Waals surface area (Å²) in [5.74, 6) is -1.33. The third-order valence-electron chi connectivity index (χ3n) is 5.33. The maximum absolute atomic E-state index is 12.4. The van der Waals surface area contributed by atoms with Gasteiger partial charge in [-0.3, -0.25) is 19.3 Å². The summed E-state index contributed by atoms with van der Waals surface area (Å²) >= 11 is 0. The highest BCUT2D eigenvalue weighted by Crippen LogP contribution is 2.45. The molecule has 1 aliphatic carbocycles. The molecule has 1 N–H and O–H groups in total. The van der Waals surface area contributed by atoms with E-state index in [1.165, 1.54) is 19.3 Å². The van der Waals surface area contributed by atoms with E-state index in [0.717, 1.165) is 27.2 Å². The second-order valence-corrected chi connectivity index (χ2v) is 7.17. The number of anilines is 1. The number of imide groups is 1. The Kier molecular flexibility index (Phi) is 5.53. The highest BCUT2D eigenvalue weighted by Gasteiger charge is 2.30. The first-order valence-electron chi connectivity index (χ1n) is 9.75. The lowest BCUT2D eigenvalue weighted by molar-refractivity contribution is -0.137. The summed E-state index contributed by atoms with van der Waals surface area (Å²) in [4.78, 5) is 48.1. The van der Waals surface area contributed by atoms with Crippen LogP contribution in [0.15, 0.2) is 54.6 Å². The number of amides is 3. The molecule has 0 fully saturated rings. The lowest BCUT2D eigenvalue weighted by atomic mass is 9.97. The molecule has 8 nitrogen and oxygen atoms in total. The van der Waals surface area contributed by atoms with Gasteiger partial charge in [-0.1, -0.05) is 30.3 Å². The van der Waals surface area contributed by atoms with Crippen LogP contribution >= 0.6 is 0 Å². The highest BCUT2D eigenvalue weighted by molar-refractivity contribution is 6.13. The molecule has 0 saturated heterocycles. The number of fused-ring (bicyclic) bond motifs is 3. The fraction of sp³-hybridized carbons (Fsp3) is 0.217. The second-order valence-electron chi connectivity index (χ2n) is 7.17. The molecule has 1 atom stereocenters. The summed E-state index contributed by atoms with van der Waals surface area (Å²) in [7, 11) is 1.26. The van der Waals surface area contributed by atoms with Crippen molar-refractivity contribution < 1.29 is 28.7 Å². The van der Waals surface area contributed by atoms with E-state index in [1.807, 2.05) is 36.4 Å². The predicted molar refractivity (Wildman–Crippen MR) is 111 cm³/mol. The van der Waals surface area contributed by atoms with Gasteiger partial charge in [0.05, 0.1) is 7.11 Å². The Bertz CT molecular complexity index is 1090. The van der Waals surface area contributed by atoms with Gasteiger partial charge in [0.15, 0.2) is 0 Å². The number of hydrogen-bond donors (Lipinski definition) is 1. The van der Waals surface area contributed by atoms with Gasteiger partial charge in [-0.05, 0) is 34.4 Å². The minimum Gasteiger partial charge on any atom is -0.438 e. The van der Waals surface area contributed by atoms with Gasteiger partial charge >= 0.3 is 6.16 Å². The van der Waals surface area contributed by atoms with Crippen LogP contribution in [0.1, 0.15) is 23.5 Å². The van der Waals surface area contributed by atoms with Crippen molar-refractivity contribution in [3.8, 4) is 11.1 Å². The fourth-order valence-corrected chi connectivity index (χ4v) is 3.87. The highest BCUT2D eigenvalue weighted by atomic mass is 16.7. The van der Waals surface area contributed by atoms with Gasteiger partial charge in [-0.15, -0.1) is 0 Å². The van der Waals surface area contributed by atoms with Crippen molar-refractivity contribution >= 4 is 29.6 Å². The summed E-state index contributed by atoms with van der Waals surface area (Å²) in [6.07, 6.45) is 1.62. The molecule has 0 radical (unpaired) electrons. The quantitative estimate of drug-likeness (QED) is 0.570. The number of carbonyl (C=O) groups excluding carboxylic acids is 4. The van der Waals surface area contributed by atoms with Gasteiger partial charge in [0.25, 0.3) is 11.8 Å². The van der Waals surface area contributed by atoms with Gasteiger partial charge in [0, 0.05) is 36.7 Å². The molecule has 3 amide bonds. The van der Waals surface area contributed by atoms with E-state index in [0.29, 0.717) is 5.69 Å². The van der Waals surface area contributed by atoms with Crippen LogP contribution in [0.3, 0.4) is 0 Å². The third kappa shape index (κ3) is 4.05. The van der Waals surface area contributed by atoms with E-state index in [9.17, 15) is 19.2 Å². The summed E-state index contributed by atoms with van der Waals surface area (Å²) < 4.78 is 9.77. The molecule has 31 heavy (non-hydrogen) atoms. The van der Waals surface area contributed by atoms with E-state index < -0.39 is 18.0 Å². The average molecular weight is 420 g/mol. The zero-order valence-corrected chi connectivity index (χ0v) is 16.8. The predicted octanol–water partition coefficient (Wildman–Crippen LogP) is 2.84. The van der Waals surface area contributed by atoms with Crippen LogP contribution < -0.4 is 5.32 Å². The van der Waals surface area contributed by atoms with Crippen molar-refractivity contribution in [3.63, 3.8) is 0 Å². The van der Waals surface area contributed by atoms with E-state index in [2.05, 4.69) is 10.1 Å². The normalized spacial score (nSPS) is 16.2. The second kappa shape index (κ2) is 8.43.